The third kappa shape index (κ3) is 2.13. The number of nitro groups is 1. The van der Waals surface area contributed by atoms with Crippen molar-refractivity contribution in [2.24, 2.45) is 0 Å². The van der Waals surface area contributed by atoms with Gasteiger partial charge in [0.1, 0.15) is 5.82 Å². The van der Waals surface area contributed by atoms with E-state index < -0.39 is 33.5 Å². The van der Waals surface area contributed by atoms with Crippen LogP contribution in [0.25, 0.3) is 0 Å². The van der Waals surface area contributed by atoms with Gasteiger partial charge in [0.25, 0.3) is 0 Å². The summed E-state index contributed by atoms with van der Waals surface area (Å²) < 4.78 is 26.7. The predicted molar refractivity (Wildman–Crippen MR) is 59.6 cm³/mol. The molecule has 96 valence electrons. The Morgan fingerprint density at radius 2 is 2.06 bits per heavy atom. The van der Waals surface area contributed by atoms with Gasteiger partial charge < -0.3 is 4.90 Å². The van der Waals surface area contributed by atoms with Gasteiger partial charge >= 0.3 is 5.69 Å². The zero-order chi connectivity index (χ0) is 13.4. The molecule has 2 rings (SSSR count). The molecule has 1 heterocycles. The van der Waals surface area contributed by atoms with Crippen LogP contribution in [-0.4, -0.2) is 22.8 Å². The standard InChI is InChI=1S/C10H7ClF2N2O3/c11-5-1-10(16)14(4-5)8-3-9(15(17)18)7(13)2-6(8)12/h2-3,5H,1,4H2. The van der Waals surface area contributed by atoms with Gasteiger partial charge in [-0.3, -0.25) is 14.9 Å². The molecule has 0 saturated carbocycles. The normalized spacial score (nSPS) is 19.4. The summed E-state index contributed by atoms with van der Waals surface area (Å²) in [5, 5.41) is 10.1. The van der Waals surface area contributed by atoms with E-state index in [2.05, 4.69) is 0 Å². The number of nitrogens with zero attached hydrogens (tertiary/aromatic N) is 2. The van der Waals surface area contributed by atoms with Gasteiger partial charge in [-0.15, -0.1) is 11.6 Å². The molecule has 0 aromatic heterocycles. The zero-order valence-corrected chi connectivity index (χ0v) is 9.66. The lowest BCUT2D eigenvalue weighted by atomic mass is 10.2. The fourth-order valence-corrected chi connectivity index (χ4v) is 2.04. The van der Waals surface area contributed by atoms with Gasteiger partial charge in [-0.25, -0.2) is 4.39 Å². The smallest absolute Gasteiger partial charge is 0.307 e. The third-order valence-electron chi connectivity index (χ3n) is 2.58. The Balaban J connectivity index is 2.48. The molecule has 1 amide bonds. The van der Waals surface area contributed by atoms with Crippen LogP contribution < -0.4 is 4.90 Å². The molecule has 0 N–H and O–H groups in total. The predicted octanol–water partition coefficient (Wildman–Crippen LogP) is 2.22. The van der Waals surface area contributed by atoms with Crippen LogP contribution in [0.3, 0.4) is 0 Å². The number of benzene rings is 1. The molecule has 8 heteroatoms. The molecular formula is C10H7ClF2N2O3. The molecule has 18 heavy (non-hydrogen) atoms. The SMILES string of the molecule is O=C1CC(Cl)CN1c1cc([N+](=O)[O-])c(F)cc1F. The second kappa shape index (κ2) is 4.49. The van der Waals surface area contributed by atoms with Crippen LogP contribution >= 0.6 is 11.6 Å². The largest absolute Gasteiger partial charge is 0.308 e. The Kier molecular flexibility index (Phi) is 3.16. The highest BCUT2D eigenvalue weighted by atomic mass is 35.5. The number of halogens is 3. The number of nitro benzene ring substituents is 1. The monoisotopic (exact) mass is 276 g/mol. The first-order chi connectivity index (χ1) is 8.40. The first-order valence-electron chi connectivity index (χ1n) is 4.98. The second-order valence-corrected chi connectivity index (χ2v) is 4.44. The number of anilines is 1. The molecule has 1 aliphatic heterocycles. The Morgan fingerprint density at radius 1 is 1.39 bits per heavy atom. The van der Waals surface area contributed by atoms with Crippen molar-refractivity contribution < 1.29 is 18.5 Å². The minimum atomic E-state index is -1.28. The van der Waals surface area contributed by atoms with Gasteiger partial charge in [-0.1, -0.05) is 0 Å². The molecule has 0 aliphatic carbocycles. The molecule has 0 bridgehead atoms. The van der Waals surface area contributed by atoms with E-state index in [1.807, 2.05) is 0 Å². The van der Waals surface area contributed by atoms with E-state index in [-0.39, 0.29) is 18.7 Å². The van der Waals surface area contributed by atoms with Crippen molar-refractivity contribution in [2.75, 3.05) is 11.4 Å². The van der Waals surface area contributed by atoms with E-state index in [0.717, 1.165) is 4.90 Å². The average Bonchev–Trinajstić information content (AvgIpc) is 2.57. The van der Waals surface area contributed by atoms with Gasteiger partial charge in [0.2, 0.25) is 11.7 Å². The molecule has 1 aliphatic rings. The summed E-state index contributed by atoms with van der Waals surface area (Å²) in [6.07, 6.45) is 0.0200. The molecule has 1 fully saturated rings. The maximum atomic E-state index is 13.5. The quantitative estimate of drug-likeness (QED) is 0.473. The average molecular weight is 277 g/mol. The fraction of sp³-hybridized carbons (Fsp3) is 0.300. The summed E-state index contributed by atoms with van der Waals surface area (Å²) in [6.45, 7) is 0.0418. The second-order valence-electron chi connectivity index (χ2n) is 3.82. The summed E-state index contributed by atoms with van der Waals surface area (Å²) in [5.74, 6) is -2.76. The van der Waals surface area contributed by atoms with Crippen LogP contribution in [-0.2, 0) is 4.79 Å². The number of hydrogen-bond donors (Lipinski definition) is 0. The van der Waals surface area contributed by atoms with Crippen molar-refractivity contribution in [2.45, 2.75) is 11.8 Å². The van der Waals surface area contributed by atoms with Gasteiger partial charge in [0, 0.05) is 25.1 Å². The van der Waals surface area contributed by atoms with Gasteiger partial charge in [-0.2, -0.15) is 4.39 Å². The molecule has 1 aromatic carbocycles. The Labute approximate surface area is 105 Å². The number of amides is 1. The molecule has 5 nitrogen and oxygen atoms in total. The summed E-state index contributed by atoms with van der Waals surface area (Å²) in [6, 6.07) is 1.10. The fourth-order valence-electron chi connectivity index (χ4n) is 1.77. The van der Waals surface area contributed by atoms with Crippen LogP contribution in [0.5, 0.6) is 0 Å². The highest BCUT2D eigenvalue weighted by molar-refractivity contribution is 6.24. The number of hydrogen-bond acceptors (Lipinski definition) is 3. The van der Waals surface area contributed by atoms with E-state index in [1.165, 1.54) is 0 Å². The van der Waals surface area contributed by atoms with E-state index >= 15 is 0 Å². The Hall–Kier alpha value is -1.76. The first kappa shape index (κ1) is 12.7. The zero-order valence-electron chi connectivity index (χ0n) is 8.90. The molecule has 0 spiro atoms. The molecule has 0 radical (unpaired) electrons. The summed E-state index contributed by atoms with van der Waals surface area (Å²) >= 11 is 5.74. The van der Waals surface area contributed by atoms with E-state index in [0.29, 0.717) is 12.1 Å². The van der Waals surface area contributed by atoms with Gasteiger partial charge in [0.15, 0.2) is 0 Å². The third-order valence-corrected chi connectivity index (χ3v) is 2.87. The number of rotatable bonds is 2. The maximum Gasteiger partial charge on any atom is 0.307 e. The van der Waals surface area contributed by atoms with Crippen LogP contribution in [0, 0.1) is 21.7 Å². The highest BCUT2D eigenvalue weighted by Crippen LogP contribution is 2.31. The van der Waals surface area contributed by atoms with E-state index in [1.54, 1.807) is 0 Å². The number of alkyl halides is 1. The summed E-state index contributed by atoms with van der Waals surface area (Å²) in [7, 11) is 0. The molecule has 1 atom stereocenters. The number of carbonyl (C=O) groups is 1. The van der Waals surface area contributed by atoms with Crippen LogP contribution in [0.4, 0.5) is 20.2 Å². The molecule has 1 saturated heterocycles. The topological polar surface area (TPSA) is 63.5 Å². The Morgan fingerprint density at radius 3 is 2.56 bits per heavy atom. The lowest BCUT2D eigenvalue weighted by Gasteiger charge is -2.16. The highest BCUT2D eigenvalue weighted by Gasteiger charge is 2.32. The first-order valence-corrected chi connectivity index (χ1v) is 5.41. The van der Waals surface area contributed by atoms with E-state index in [9.17, 15) is 23.7 Å². The maximum absolute atomic E-state index is 13.5. The summed E-state index contributed by atoms with van der Waals surface area (Å²) in [5.41, 5.74) is -1.20. The van der Waals surface area contributed by atoms with Crippen molar-refractivity contribution in [1.82, 2.24) is 0 Å². The van der Waals surface area contributed by atoms with Crippen molar-refractivity contribution in [3.05, 3.63) is 33.9 Å². The lowest BCUT2D eigenvalue weighted by molar-refractivity contribution is -0.387. The minimum absolute atomic E-state index is 0.0200. The van der Waals surface area contributed by atoms with Gasteiger partial charge in [0.05, 0.1) is 16.0 Å². The van der Waals surface area contributed by atoms with Crippen molar-refractivity contribution in [3.63, 3.8) is 0 Å². The van der Waals surface area contributed by atoms with Crippen molar-refractivity contribution in [3.8, 4) is 0 Å². The van der Waals surface area contributed by atoms with Crippen LogP contribution in [0.2, 0.25) is 0 Å². The van der Waals surface area contributed by atoms with Crippen LogP contribution in [0.1, 0.15) is 6.42 Å². The van der Waals surface area contributed by atoms with E-state index in [4.69, 9.17) is 11.6 Å². The molecule has 1 aromatic rings. The Bertz CT molecular complexity index is 538. The lowest BCUT2D eigenvalue weighted by Crippen LogP contribution is -2.25. The van der Waals surface area contributed by atoms with Crippen LogP contribution in [0.15, 0.2) is 12.1 Å². The molecule has 1 unspecified atom stereocenters. The molecular weight excluding hydrogens is 270 g/mol. The van der Waals surface area contributed by atoms with Gasteiger partial charge in [-0.05, 0) is 0 Å². The van der Waals surface area contributed by atoms with Crippen molar-refractivity contribution >= 4 is 28.9 Å². The summed E-state index contributed by atoms with van der Waals surface area (Å²) in [4.78, 5) is 22.1. The minimum Gasteiger partial charge on any atom is -0.308 e. The number of carbonyl (C=O) groups excluding carboxylic acids is 1. The van der Waals surface area contributed by atoms with Crippen molar-refractivity contribution in [1.29, 1.82) is 0 Å².